The number of benzene rings is 3. The van der Waals surface area contributed by atoms with Gasteiger partial charge in [-0.25, -0.2) is 4.39 Å². The van der Waals surface area contributed by atoms with Gasteiger partial charge in [0.1, 0.15) is 17.4 Å². The van der Waals surface area contributed by atoms with E-state index in [2.05, 4.69) is 33.9 Å². The number of halogens is 1. The summed E-state index contributed by atoms with van der Waals surface area (Å²) >= 11 is 4.31. The number of fused-ring (bicyclic) bond motifs is 1. The number of hydrogen-bond donors (Lipinski definition) is 6. The summed E-state index contributed by atoms with van der Waals surface area (Å²) in [6.07, 6.45) is 1.01. The van der Waals surface area contributed by atoms with E-state index in [0.29, 0.717) is 35.9 Å². The first-order valence-electron chi connectivity index (χ1n) is 15.0. The number of para-hydroxylation sites is 1. The second kappa shape index (κ2) is 14.6. The van der Waals surface area contributed by atoms with E-state index < -0.39 is 46.5 Å². The lowest BCUT2D eigenvalue weighted by atomic mass is 9.88. The van der Waals surface area contributed by atoms with Crippen LogP contribution in [0.15, 0.2) is 89.3 Å². The summed E-state index contributed by atoms with van der Waals surface area (Å²) in [4.78, 5) is 50.8. The lowest BCUT2D eigenvalue weighted by Crippen LogP contribution is -2.61. The van der Waals surface area contributed by atoms with Crippen molar-refractivity contribution in [3.63, 3.8) is 0 Å². The standard InChI is InChI=1S/C34H35FN4O6S/c35-25-14-12-21(13-15-25)17-26(38-32(42)28-18-23-9-4-5-11-27(23)45-28)31(41)39-29(19-24-10-6-16-36-30(24)40)34(44,46)33(43)37-20-22-7-2-1-3-8-22/h1-5,7-9,11-15,18,24,26,29,44,46H,6,10,16-17,19-20H2,(H,36,40)(H,37,43)(H,38,42)(H,39,41)/t24-,26-,29-,34+/m0/s1. The maximum absolute atomic E-state index is 13.9. The molecule has 2 heterocycles. The van der Waals surface area contributed by atoms with Crippen LogP contribution < -0.4 is 21.3 Å². The largest absolute Gasteiger partial charge is 0.451 e. The number of nitrogens with one attached hydrogen (secondary N) is 4. The van der Waals surface area contributed by atoms with E-state index in [9.17, 15) is 28.7 Å². The van der Waals surface area contributed by atoms with Gasteiger partial charge < -0.3 is 30.8 Å². The minimum absolute atomic E-state index is 0.0282. The molecule has 1 saturated heterocycles. The highest BCUT2D eigenvalue weighted by Gasteiger charge is 2.44. The Hall–Kier alpha value is -4.68. The molecule has 0 radical (unpaired) electrons. The average molecular weight is 647 g/mol. The maximum atomic E-state index is 13.9. The summed E-state index contributed by atoms with van der Waals surface area (Å²) in [5, 5.41) is 23.0. The molecule has 4 atom stereocenters. The van der Waals surface area contributed by atoms with Crippen LogP contribution in [0.4, 0.5) is 4.39 Å². The van der Waals surface area contributed by atoms with E-state index in [4.69, 9.17) is 4.42 Å². The van der Waals surface area contributed by atoms with Gasteiger partial charge in [0, 0.05) is 30.8 Å². The Balaban J connectivity index is 1.39. The Morgan fingerprint density at radius 2 is 1.72 bits per heavy atom. The van der Waals surface area contributed by atoms with Crippen LogP contribution in [0.3, 0.4) is 0 Å². The van der Waals surface area contributed by atoms with Crippen molar-refractivity contribution in [2.45, 2.75) is 49.2 Å². The molecule has 3 aromatic carbocycles. The second-order valence-electron chi connectivity index (χ2n) is 11.3. The van der Waals surface area contributed by atoms with Crippen LogP contribution in [0.25, 0.3) is 11.0 Å². The van der Waals surface area contributed by atoms with Crippen molar-refractivity contribution >= 4 is 47.2 Å². The smallest absolute Gasteiger partial charge is 0.287 e. The summed E-state index contributed by atoms with van der Waals surface area (Å²) in [6, 6.07) is 20.5. The maximum Gasteiger partial charge on any atom is 0.287 e. The molecule has 0 bridgehead atoms. The summed E-state index contributed by atoms with van der Waals surface area (Å²) in [6.45, 7) is 0.594. The van der Waals surface area contributed by atoms with Crippen LogP contribution in [0.5, 0.6) is 0 Å². The van der Waals surface area contributed by atoms with Crippen LogP contribution in [-0.4, -0.2) is 52.3 Å². The van der Waals surface area contributed by atoms with Gasteiger partial charge in [-0.05, 0) is 54.7 Å². The molecular weight excluding hydrogens is 611 g/mol. The lowest BCUT2D eigenvalue weighted by Gasteiger charge is -2.35. The summed E-state index contributed by atoms with van der Waals surface area (Å²) in [7, 11) is 0. The zero-order valence-electron chi connectivity index (χ0n) is 24.9. The molecule has 5 N–H and O–H groups in total. The molecule has 0 unspecified atom stereocenters. The fourth-order valence-corrected chi connectivity index (χ4v) is 5.65. The van der Waals surface area contributed by atoms with E-state index in [1.54, 1.807) is 54.6 Å². The van der Waals surface area contributed by atoms with Crippen molar-refractivity contribution in [1.29, 1.82) is 0 Å². The van der Waals surface area contributed by atoms with Gasteiger partial charge in [-0.1, -0.05) is 60.7 Å². The molecule has 4 amide bonds. The number of furan rings is 1. The van der Waals surface area contributed by atoms with E-state index >= 15 is 0 Å². The zero-order chi connectivity index (χ0) is 32.7. The number of rotatable bonds is 12. The first-order chi connectivity index (χ1) is 22.1. The molecule has 240 valence electrons. The van der Waals surface area contributed by atoms with E-state index in [-0.39, 0.29) is 31.1 Å². The fourth-order valence-electron chi connectivity index (χ4n) is 5.40. The third kappa shape index (κ3) is 8.12. The Morgan fingerprint density at radius 1 is 1.00 bits per heavy atom. The Labute approximate surface area is 270 Å². The summed E-state index contributed by atoms with van der Waals surface area (Å²) < 4.78 is 19.3. The third-order valence-corrected chi connectivity index (χ3v) is 8.49. The molecule has 5 rings (SSSR count). The van der Waals surface area contributed by atoms with Gasteiger partial charge in [-0.15, -0.1) is 12.6 Å². The number of hydrogen-bond acceptors (Lipinski definition) is 7. The summed E-state index contributed by atoms with van der Waals surface area (Å²) in [5.74, 6) is -3.67. The van der Waals surface area contributed by atoms with Crippen LogP contribution >= 0.6 is 12.6 Å². The van der Waals surface area contributed by atoms with Gasteiger partial charge in [-0.2, -0.15) is 0 Å². The molecule has 1 aliphatic heterocycles. The van der Waals surface area contributed by atoms with Crippen LogP contribution in [0, 0.1) is 11.7 Å². The zero-order valence-corrected chi connectivity index (χ0v) is 25.8. The normalized spacial score (nSPS) is 17.3. The predicted octanol–water partition coefficient (Wildman–Crippen LogP) is 3.25. The Kier molecular flexibility index (Phi) is 10.4. The minimum Gasteiger partial charge on any atom is -0.451 e. The van der Waals surface area contributed by atoms with Crippen molar-refractivity contribution in [2.75, 3.05) is 6.54 Å². The van der Waals surface area contributed by atoms with Crippen molar-refractivity contribution in [2.24, 2.45) is 5.92 Å². The van der Waals surface area contributed by atoms with Gasteiger partial charge in [0.15, 0.2) is 5.76 Å². The highest BCUT2D eigenvalue weighted by atomic mass is 32.1. The van der Waals surface area contributed by atoms with Crippen LogP contribution in [0.2, 0.25) is 0 Å². The fraction of sp³-hybridized carbons (Fsp3) is 0.294. The molecule has 0 spiro atoms. The first kappa shape index (κ1) is 32.7. The molecule has 1 aliphatic rings. The highest BCUT2D eigenvalue weighted by Crippen LogP contribution is 2.27. The highest BCUT2D eigenvalue weighted by molar-refractivity contribution is 7.82. The topological polar surface area (TPSA) is 150 Å². The molecule has 1 fully saturated rings. The number of aliphatic hydroxyl groups is 1. The number of amides is 4. The molecule has 12 heteroatoms. The second-order valence-corrected chi connectivity index (χ2v) is 12.0. The lowest BCUT2D eigenvalue weighted by molar-refractivity contribution is -0.137. The van der Waals surface area contributed by atoms with E-state index in [1.165, 1.54) is 24.3 Å². The number of carbonyl (C=O) groups is 4. The predicted molar refractivity (Wildman–Crippen MR) is 172 cm³/mol. The van der Waals surface area contributed by atoms with Crippen molar-refractivity contribution < 1.29 is 33.1 Å². The SMILES string of the molecule is O=C(N[C@@H](Cc1ccc(F)cc1)C(=O)N[C@@H](C[C@@H]1CCCNC1=O)[C@@](O)(S)C(=O)NCc1ccccc1)c1cc2ccccc2o1. The van der Waals surface area contributed by atoms with E-state index in [0.717, 1.165) is 5.56 Å². The average Bonchev–Trinajstić information content (AvgIpc) is 3.50. The molecule has 0 aliphatic carbocycles. The van der Waals surface area contributed by atoms with Gasteiger partial charge in [-0.3, -0.25) is 19.2 Å². The van der Waals surface area contributed by atoms with Crippen molar-refractivity contribution in [3.8, 4) is 0 Å². The van der Waals surface area contributed by atoms with Gasteiger partial charge in [0.05, 0.1) is 6.04 Å². The van der Waals surface area contributed by atoms with Crippen LogP contribution in [-0.2, 0) is 27.3 Å². The number of thiol groups is 1. The minimum atomic E-state index is -2.44. The van der Waals surface area contributed by atoms with Crippen molar-refractivity contribution in [1.82, 2.24) is 21.3 Å². The summed E-state index contributed by atoms with van der Waals surface area (Å²) in [5.41, 5.74) is 1.80. The van der Waals surface area contributed by atoms with Gasteiger partial charge in [0.2, 0.25) is 16.7 Å². The van der Waals surface area contributed by atoms with E-state index in [1.807, 2.05) is 6.07 Å². The molecule has 10 nitrogen and oxygen atoms in total. The molecule has 4 aromatic rings. The Morgan fingerprint density at radius 3 is 2.43 bits per heavy atom. The van der Waals surface area contributed by atoms with Crippen molar-refractivity contribution in [3.05, 3.63) is 108 Å². The monoisotopic (exact) mass is 646 g/mol. The molecule has 0 saturated carbocycles. The van der Waals surface area contributed by atoms with Gasteiger partial charge in [0.25, 0.3) is 11.8 Å². The molecule has 46 heavy (non-hydrogen) atoms. The quantitative estimate of drug-likeness (QED) is 0.103. The molecular formula is C34H35FN4O6S. The Bertz CT molecular complexity index is 1660. The third-order valence-electron chi connectivity index (χ3n) is 7.98. The van der Waals surface area contributed by atoms with Crippen LogP contribution in [0.1, 0.15) is 40.9 Å². The first-order valence-corrected chi connectivity index (χ1v) is 15.4. The number of piperidine rings is 1. The van der Waals surface area contributed by atoms with Gasteiger partial charge >= 0.3 is 0 Å². The number of carbonyl (C=O) groups excluding carboxylic acids is 4. The molecule has 1 aromatic heterocycles.